The zero-order valence-corrected chi connectivity index (χ0v) is 9.57. The molecule has 1 amide bonds. The first-order chi connectivity index (χ1) is 6.81. The number of amides is 1. The Balaban J connectivity index is 3.14. The van der Waals surface area contributed by atoms with Gasteiger partial charge in [0.05, 0.1) is 0 Å². The highest BCUT2D eigenvalue weighted by molar-refractivity contribution is 7.98. The van der Waals surface area contributed by atoms with Crippen LogP contribution in [0.4, 0.5) is 0 Å². The number of aldehydes is 1. The van der Waals surface area contributed by atoms with Crippen molar-refractivity contribution in [3.8, 4) is 0 Å². The highest BCUT2D eigenvalue weighted by atomic mass is 32.2. The summed E-state index contributed by atoms with van der Waals surface area (Å²) in [6, 6.07) is 0. The monoisotopic (exact) mass is 217 g/mol. The average Bonchev–Trinajstić information content (AvgIpc) is 2.18. The third-order valence-electron chi connectivity index (χ3n) is 1.82. The van der Waals surface area contributed by atoms with E-state index in [1.165, 1.54) is 0 Å². The Morgan fingerprint density at radius 2 is 2.14 bits per heavy atom. The van der Waals surface area contributed by atoms with E-state index >= 15 is 0 Å². The molecule has 0 saturated carbocycles. The van der Waals surface area contributed by atoms with Crippen LogP contribution in [0.2, 0.25) is 0 Å². The largest absolute Gasteiger partial charge is 0.356 e. The number of nitrogens with one attached hydrogen (secondary N) is 1. The van der Waals surface area contributed by atoms with Gasteiger partial charge in [-0.25, -0.2) is 0 Å². The molecule has 0 aliphatic rings. The minimum atomic E-state index is 0.130. The molecule has 82 valence electrons. The molecule has 0 bridgehead atoms. The average molecular weight is 217 g/mol. The molecule has 0 saturated heterocycles. The molecule has 0 radical (unpaired) electrons. The van der Waals surface area contributed by atoms with Crippen LogP contribution in [-0.4, -0.2) is 30.7 Å². The number of carbonyl (C=O) groups excluding carboxylic acids is 2. The van der Waals surface area contributed by atoms with Gasteiger partial charge in [0.1, 0.15) is 6.29 Å². The van der Waals surface area contributed by atoms with Crippen molar-refractivity contribution in [3.63, 3.8) is 0 Å². The fourth-order valence-electron chi connectivity index (χ4n) is 1.05. The molecule has 0 spiro atoms. The predicted octanol–water partition coefficient (Wildman–Crippen LogP) is 1.61. The van der Waals surface area contributed by atoms with E-state index < -0.39 is 0 Å². The van der Waals surface area contributed by atoms with E-state index in [2.05, 4.69) is 5.32 Å². The molecule has 0 rings (SSSR count). The SMILES string of the molecule is CSCCCC(=O)NCCCCC=O. The minimum absolute atomic E-state index is 0.130. The second-order valence-electron chi connectivity index (χ2n) is 3.11. The van der Waals surface area contributed by atoms with Gasteiger partial charge in [0.25, 0.3) is 0 Å². The summed E-state index contributed by atoms with van der Waals surface area (Å²) in [6.45, 7) is 0.700. The highest BCUT2D eigenvalue weighted by Crippen LogP contribution is 1.99. The first-order valence-corrected chi connectivity index (χ1v) is 6.40. The topological polar surface area (TPSA) is 46.2 Å². The first-order valence-electron chi connectivity index (χ1n) is 5.00. The van der Waals surface area contributed by atoms with Gasteiger partial charge < -0.3 is 10.1 Å². The van der Waals surface area contributed by atoms with Crippen LogP contribution in [0.25, 0.3) is 0 Å². The molecule has 0 aliphatic heterocycles. The second-order valence-corrected chi connectivity index (χ2v) is 4.09. The molecule has 0 unspecified atom stereocenters. The lowest BCUT2D eigenvalue weighted by Gasteiger charge is -2.03. The van der Waals surface area contributed by atoms with Gasteiger partial charge >= 0.3 is 0 Å². The Bertz CT molecular complexity index is 162. The van der Waals surface area contributed by atoms with Crippen molar-refractivity contribution in [1.82, 2.24) is 5.32 Å². The molecule has 0 aromatic rings. The molecule has 0 fully saturated rings. The molecule has 0 aromatic heterocycles. The summed E-state index contributed by atoms with van der Waals surface area (Å²) in [4.78, 5) is 21.1. The Hall–Kier alpha value is -0.510. The zero-order chi connectivity index (χ0) is 10.6. The second kappa shape index (κ2) is 10.6. The molecule has 0 heterocycles. The molecular formula is C10H19NO2S. The van der Waals surface area contributed by atoms with Crippen LogP contribution in [0.3, 0.4) is 0 Å². The number of thioether (sulfide) groups is 1. The van der Waals surface area contributed by atoms with Gasteiger partial charge in [0.15, 0.2) is 0 Å². The number of rotatable bonds is 9. The van der Waals surface area contributed by atoms with Gasteiger partial charge in [0, 0.05) is 19.4 Å². The lowest BCUT2D eigenvalue weighted by atomic mass is 10.2. The summed E-state index contributed by atoms with van der Waals surface area (Å²) in [5.74, 6) is 1.17. The molecule has 0 aliphatic carbocycles. The third kappa shape index (κ3) is 9.58. The van der Waals surface area contributed by atoms with Crippen LogP contribution in [0.15, 0.2) is 0 Å². The van der Waals surface area contributed by atoms with Gasteiger partial charge in [0.2, 0.25) is 5.91 Å². The van der Waals surface area contributed by atoms with Crippen molar-refractivity contribution >= 4 is 24.0 Å². The number of carbonyl (C=O) groups is 2. The summed E-state index contributed by atoms with van der Waals surface area (Å²) in [5.41, 5.74) is 0. The fourth-order valence-corrected chi connectivity index (χ4v) is 1.48. The number of hydrogen-bond donors (Lipinski definition) is 1. The maximum atomic E-state index is 11.2. The zero-order valence-electron chi connectivity index (χ0n) is 8.75. The van der Waals surface area contributed by atoms with Crippen molar-refractivity contribution in [2.75, 3.05) is 18.6 Å². The van der Waals surface area contributed by atoms with E-state index in [-0.39, 0.29) is 5.91 Å². The van der Waals surface area contributed by atoms with Gasteiger partial charge in [-0.1, -0.05) is 0 Å². The summed E-state index contributed by atoms with van der Waals surface area (Å²) in [5, 5.41) is 2.84. The Morgan fingerprint density at radius 1 is 1.36 bits per heavy atom. The Labute approximate surface area is 90.0 Å². The molecule has 4 heteroatoms. The van der Waals surface area contributed by atoms with Crippen molar-refractivity contribution in [2.45, 2.75) is 32.1 Å². The maximum Gasteiger partial charge on any atom is 0.220 e. The lowest BCUT2D eigenvalue weighted by Crippen LogP contribution is -2.24. The van der Waals surface area contributed by atoms with Crippen LogP contribution in [0.1, 0.15) is 32.1 Å². The summed E-state index contributed by atoms with van der Waals surface area (Å²) < 4.78 is 0. The van der Waals surface area contributed by atoms with Crippen molar-refractivity contribution in [3.05, 3.63) is 0 Å². The predicted molar refractivity (Wildman–Crippen MR) is 60.5 cm³/mol. The van der Waals surface area contributed by atoms with E-state index in [9.17, 15) is 9.59 Å². The van der Waals surface area contributed by atoms with Crippen molar-refractivity contribution in [1.29, 1.82) is 0 Å². The maximum absolute atomic E-state index is 11.2. The molecule has 1 N–H and O–H groups in total. The van der Waals surface area contributed by atoms with Gasteiger partial charge in [-0.3, -0.25) is 4.79 Å². The normalized spacial score (nSPS) is 9.79. The van der Waals surface area contributed by atoms with Gasteiger partial charge in [-0.2, -0.15) is 11.8 Å². The van der Waals surface area contributed by atoms with E-state index in [0.717, 1.165) is 31.3 Å². The lowest BCUT2D eigenvalue weighted by molar-refractivity contribution is -0.121. The summed E-state index contributed by atoms with van der Waals surface area (Å²) >= 11 is 1.76. The minimum Gasteiger partial charge on any atom is -0.356 e. The quantitative estimate of drug-likeness (QED) is 0.471. The fraction of sp³-hybridized carbons (Fsp3) is 0.800. The third-order valence-corrected chi connectivity index (χ3v) is 2.52. The smallest absolute Gasteiger partial charge is 0.220 e. The van der Waals surface area contributed by atoms with Crippen molar-refractivity contribution in [2.24, 2.45) is 0 Å². The Morgan fingerprint density at radius 3 is 2.79 bits per heavy atom. The molecule has 14 heavy (non-hydrogen) atoms. The molecular weight excluding hydrogens is 198 g/mol. The Kier molecular flexibility index (Phi) is 10.2. The van der Waals surface area contributed by atoms with E-state index in [1.807, 2.05) is 6.26 Å². The van der Waals surface area contributed by atoms with Crippen LogP contribution < -0.4 is 5.32 Å². The van der Waals surface area contributed by atoms with Crippen LogP contribution in [0.5, 0.6) is 0 Å². The van der Waals surface area contributed by atoms with Crippen molar-refractivity contribution < 1.29 is 9.59 Å². The molecule has 0 atom stereocenters. The first kappa shape index (κ1) is 13.5. The molecule has 3 nitrogen and oxygen atoms in total. The van der Waals surface area contributed by atoms with Gasteiger partial charge in [-0.15, -0.1) is 0 Å². The van der Waals surface area contributed by atoms with E-state index in [4.69, 9.17) is 0 Å². The van der Waals surface area contributed by atoms with E-state index in [1.54, 1.807) is 11.8 Å². The standard InChI is InChI=1S/C10H19NO2S/c1-14-9-5-6-10(13)11-7-3-2-4-8-12/h8H,2-7,9H2,1H3,(H,11,13). The number of hydrogen-bond acceptors (Lipinski definition) is 3. The van der Waals surface area contributed by atoms with Gasteiger partial charge in [-0.05, 0) is 31.3 Å². The number of unbranched alkanes of at least 4 members (excludes halogenated alkanes) is 2. The van der Waals surface area contributed by atoms with Crippen LogP contribution in [0, 0.1) is 0 Å². The molecule has 0 aromatic carbocycles. The summed E-state index contributed by atoms with van der Waals surface area (Å²) in [6.07, 6.45) is 6.89. The van der Waals surface area contributed by atoms with E-state index in [0.29, 0.717) is 19.4 Å². The van der Waals surface area contributed by atoms with Crippen LogP contribution in [-0.2, 0) is 9.59 Å². The summed E-state index contributed by atoms with van der Waals surface area (Å²) in [7, 11) is 0. The highest BCUT2D eigenvalue weighted by Gasteiger charge is 1.98. The van der Waals surface area contributed by atoms with Crippen LogP contribution >= 0.6 is 11.8 Å².